The largest absolute Gasteiger partial charge is 0.462 e. The first-order valence-electron chi connectivity index (χ1n) is 5.43. The number of esters is 1. The summed E-state index contributed by atoms with van der Waals surface area (Å²) in [6.45, 7) is 6.47. The van der Waals surface area contributed by atoms with Crippen molar-refractivity contribution in [3.8, 4) is 0 Å². The first kappa shape index (κ1) is 14.1. The maximum atomic E-state index is 11.8. The molecule has 0 aromatic rings. The van der Waals surface area contributed by atoms with E-state index >= 15 is 0 Å². The lowest BCUT2D eigenvalue weighted by atomic mass is 9.87. The second-order valence-corrected chi connectivity index (χ2v) is 6.46. The Balaban J connectivity index is 2.43. The van der Waals surface area contributed by atoms with Crippen LogP contribution in [-0.4, -0.2) is 29.6 Å². The van der Waals surface area contributed by atoms with Crippen molar-refractivity contribution in [3.05, 3.63) is 0 Å². The van der Waals surface area contributed by atoms with E-state index in [9.17, 15) is 4.79 Å². The minimum atomic E-state index is -0.876. The zero-order valence-corrected chi connectivity index (χ0v) is 11.4. The van der Waals surface area contributed by atoms with Gasteiger partial charge in [0.05, 0.1) is 12.0 Å². The van der Waals surface area contributed by atoms with Crippen LogP contribution in [0.1, 0.15) is 33.6 Å². The SMILES string of the molecule is CCC(Cl)(Cl)CC(C)(C)C(=O)OCC1CO1. The predicted molar refractivity (Wildman–Crippen MR) is 63.8 cm³/mol. The van der Waals surface area contributed by atoms with Crippen molar-refractivity contribution in [1.29, 1.82) is 0 Å². The average molecular weight is 269 g/mol. The van der Waals surface area contributed by atoms with Gasteiger partial charge in [0.15, 0.2) is 0 Å². The molecule has 1 atom stereocenters. The van der Waals surface area contributed by atoms with Crippen LogP contribution < -0.4 is 0 Å². The first-order chi connectivity index (χ1) is 7.27. The lowest BCUT2D eigenvalue weighted by Crippen LogP contribution is -2.33. The smallest absolute Gasteiger partial charge is 0.311 e. The third kappa shape index (κ3) is 4.48. The molecule has 1 aliphatic heterocycles. The standard InChI is InChI=1S/C11H18Cl2O3/c1-4-11(12,13)7-10(2,3)9(14)16-6-8-5-15-8/h8H,4-7H2,1-3H3. The molecule has 1 unspecified atom stereocenters. The van der Waals surface area contributed by atoms with E-state index in [0.29, 0.717) is 26.1 Å². The predicted octanol–water partition coefficient (Wildman–Crippen LogP) is 2.93. The molecule has 3 nitrogen and oxygen atoms in total. The third-order valence-corrected chi connectivity index (χ3v) is 3.37. The fraction of sp³-hybridized carbons (Fsp3) is 0.909. The molecule has 0 amide bonds. The van der Waals surface area contributed by atoms with Gasteiger partial charge in [0.25, 0.3) is 0 Å². The number of carbonyl (C=O) groups excluding carboxylic acids is 1. The Morgan fingerprint density at radius 2 is 2.06 bits per heavy atom. The Labute approximate surface area is 106 Å². The number of halogens is 2. The summed E-state index contributed by atoms with van der Waals surface area (Å²) >= 11 is 12.1. The number of epoxide rings is 1. The summed E-state index contributed by atoms with van der Waals surface area (Å²) < 4.78 is 9.23. The first-order valence-corrected chi connectivity index (χ1v) is 6.19. The zero-order valence-electron chi connectivity index (χ0n) is 9.89. The molecular formula is C11H18Cl2O3. The van der Waals surface area contributed by atoms with Gasteiger partial charge >= 0.3 is 5.97 Å². The Morgan fingerprint density at radius 1 is 1.50 bits per heavy atom. The van der Waals surface area contributed by atoms with Crippen LogP contribution in [0, 0.1) is 5.41 Å². The second-order valence-electron chi connectivity index (χ2n) is 4.82. The van der Waals surface area contributed by atoms with E-state index in [1.807, 2.05) is 6.92 Å². The molecule has 1 fully saturated rings. The van der Waals surface area contributed by atoms with Crippen molar-refractivity contribution < 1.29 is 14.3 Å². The molecule has 0 bridgehead atoms. The van der Waals surface area contributed by atoms with Crippen LogP contribution in [0.3, 0.4) is 0 Å². The van der Waals surface area contributed by atoms with Gasteiger partial charge in [-0.3, -0.25) is 4.79 Å². The number of ether oxygens (including phenoxy) is 2. The maximum Gasteiger partial charge on any atom is 0.311 e. The molecule has 5 heteroatoms. The summed E-state index contributed by atoms with van der Waals surface area (Å²) in [4.78, 5) is 11.8. The third-order valence-electron chi connectivity index (χ3n) is 2.57. The van der Waals surface area contributed by atoms with E-state index in [4.69, 9.17) is 32.7 Å². The van der Waals surface area contributed by atoms with Gasteiger partial charge in [0.1, 0.15) is 17.0 Å². The molecular weight excluding hydrogens is 251 g/mol. The highest BCUT2D eigenvalue weighted by atomic mass is 35.5. The summed E-state index contributed by atoms with van der Waals surface area (Å²) in [7, 11) is 0. The van der Waals surface area contributed by atoms with Gasteiger partial charge in [-0.2, -0.15) is 0 Å². The van der Waals surface area contributed by atoms with Gasteiger partial charge in [-0.05, 0) is 26.7 Å². The maximum absolute atomic E-state index is 11.8. The zero-order chi connectivity index (χ0) is 12.4. The topological polar surface area (TPSA) is 38.8 Å². The van der Waals surface area contributed by atoms with Gasteiger partial charge in [0.2, 0.25) is 0 Å². The van der Waals surface area contributed by atoms with Gasteiger partial charge in [-0.15, -0.1) is 23.2 Å². The quantitative estimate of drug-likeness (QED) is 0.423. The van der Waals surface area contributed by atoms with E-state index in [-0.39, 0.29) is 12.1 Å². The minimum Gasteiger partial charge on any atom is -0.462 e. The van der Waals surface area contributed by atoms with E-state index < -0.39 is 9.75 Å². The highest BCUT2D eigenvalue weighted by Gasteiger charge is 2.38. The Bertz CT molecular complexity index is 260. The van der Waals surface area contributed by atoms with Crippen LogP contribution in [0.15, 0.2) is 0 Å². The Kier molecular flexibility index (Phi) is 4.49. The molecule has 1 heterocycles. The van der Waals surface area contributed by atoms with Gasteiger partial charge in [-0.25, -0.2) is 0 Å². The lowest BCUT2D eigenvalue weighted by Gasteiger charge is -2.29. The van der Waals surface area contributed by atoms with Crippen LogP contribution >= 0.6 is 23.2 Å². The molecule has 0 aliphatic carbocycles. The highest BCUT2D eigenvalue weighted by molar-refractivity contribution is 6.48. The van der Waals surface area contributed by atoms with Gasteiger partial charge < -0.3 is 9.47 Å². The second kappa shape index (κ2) is 5.11. The summed E-state index contributed by atoms with van der Waals surface area (Å²) in [6, 6.07) is 0. The van der Waals surface area contributed by atoms with Crippen LogP contribution in [0.25, 0.3) is 0 Å². The summed E-state index contributed by atoms with van der Waals surface area (Å²) in [5.74, 6) is -0.276. The molecule has 16 heavy (non-hydrogen) atoms. The summed E-state index contributed by atoms with van der Waals surface area (Å²) in [5.41, 5.74) is -0.672. The molecule has 0 aromatic heterocycles. The van der Waals surface area contributed by atoms with E-state index in [2.05, 4.69) is 0 Å². The van der Waals surface area contributed by atoms with Crippen LogP contribution in [0.4, 0.5) is 0 Å². The molecule has 0 radical (unpaired) electrons. The average Bonchev–Trinajstić information content (AvgIpc) is 2.96. The molecule has 0 aromatic carbocycles. The van der Waals surface area contributed by atoms with Crippen LogP contribution in [0.5, 0.6) is 0 Å². The van der Waals surface area contributed by atoms with Gasteiger partial charge in [-0.1, -0.05) is 6.92 Å². The van der Waals surface area contributed by atoms with Crippen molar-refractivity contribution in [3.63, 3.8) is 0 Å². The Morgan fingerprint density at radius 3 is 2.50 bits per heavy atom. The molecule has 0 spiro atoms. The molecule has 1 saturated heterocycles. The summed E-state index contributed by atoms with van der Waals surface area (Å²) in [6.07, 6.45) is 1.06. The summed E-state index contributed by atoms with van der Waals surface area (Å²) in [5, 5.41) is 0. The fourth-order valence-electron chi connectivity index (χ4n) is 1.37. The number of hydrogen-bond acceptors (Lipinski definition) is 3. The molecule has 1 rings (SSSR count). The molecule has 0 saturated carbocycles. The normalized spacial score (nSPS) is 20.7. The van der Waals surface area contributed by atoms with Crippen molar-refractivity contribution in [2.45, 2.75) is 44.1 Å². The van der Waals surface area contributed by atoms with E-state index in [1.165, 1.54) is 0 Å². The van der Waals surface area contributed by atoms with E-state index in [0.717, 1.165) is 0 Å². The number of rotatable bonds is 6. The van der Waals surface area contributed by atoms with Crippen molar-refractivity contribution >= 4 is 29.2 Å². The van der Waals surface area contributed by atoms with Crippen LogP contribution in [-0.2, 0) is 14.3 Å². The minimum absolute atomic E-state index is 0.0858. The van der Waals surface area contributed by atoms with Crippen molar-refractivity contribution in [2.24, 2.45) is 5.41 Å². The highest BCUT2D eigenvalue weighted by Crippen LogP contribution is 2.38. The monoisotopic (exact) mass is 268 g/mol. The molecule has 1 aliphatic rings. The molecule has 94 valence electrons. The lowest BCUT2D eigenvalue weighted by molar-refractivity contribution is -0.155. The molecule has 0 N–H and O–H groups in total. The van der Waals surface area contributed by atoms with E-state index in [1.54, 1.807) is 13.8 Å². The van der Waals surface area contributed by atoms with Crippen molar-refractivity contribution in [2.75, 3.05) is 13.2 Å². The fourth-order valence-corrected chi connectivity index (χ4v) is 2.04. The number of hydrogen-bond donors (Lipinski definition) is 0. The number of alkyl halides is 2. The van der Waals surface area contributed by atoms with Crippen molar-refractivity contribution in [1.82, 2.24) is 0 Å². The van der Waals surface area contributed by atoms with Gasteiger partial charge in [0, 0.05) is 0 Å². The van der Waals surface area contributed by atoms with Crippen LogP contribution in [0.2, 0.25) is 0 Å². The number of carbonyl (C=O) groups is 1. The Hall–Kier alpha value is 0.01000.